The third kappa shape index (κ3) is 6.60. The number of amides is 1. The van der Waals surface area contributed by atoms with Crippen molar-refractivity contribution in [2.75, 3.05) is 41.0 Å². The number of ether oxygens (including phenoxy) is 2. The van der Waals surface area contributed by atoms with Gasteiger partial charge in [-0.1, -0.05) is 12.1 Å². The molecule has 0 aliphatic carbocycles. The summed E-state index contributed by atoms with van der Waals surface area (Å²) in [4.78, 5) is 21.9. The van der Waals surface area contributed by atoms with Crippen LogP contribution in [0.25, 0.3) is 16.9 Å². The van der Waals surface area contributed by atoms with Crippen molar-refractivity contribution in [2.45, 2.75) is 39.0 Å². The minimum absolute atomic E-state index is 0.0388. The van der Waals surface area contributed by atoms with E-state index >= 15 is 0 Å². The molecule has 1 atom stereocenters. The molecule has 4 rings (SSSR count). The van der Waals surface area contributed by atoms with E-state index < -0.39 is 17.8 Å². The number of halogens is 3. The van der Waals surface area contributed by atoms with Crippen molar-refractivity contribution in [1.82, 2.24) is 24.4 Å². The molecular formula is C31H36F3N5O4. The van der Waals surface area contributed by atoms with Gasteiger partial charge in [0.1, 0.15) is 17.1 Å². The Morgan fingerprint density at radius 3 is 2.30 bits per heavy atom. The SMILES string of the molecule is COc1ccc(-c2nc3c(C(=O)N(CCN(C)C(CO)c4cccc(OC)c4)C(C)C)cnn3c(C(F)(F)F)c2C)cc1. The highest BCUT2D eigenvalue weighted by Gasteiger charge is 2.39. The van der Waals surface area contributed by atoms with Crippen LogP contribution in [0.1, 0.15) is 47.1 Å². The van der Waals surface area contributed by atoms with Gasteiger partial charge in [-0.05, 0) is 69.8 Å². The minimum Gasteiger partial charge on any atom is -0.497 e. The van der Waals surface area contributed by atoms with Gasteiger partial charge in [-0.2, -0.15) is 18.3 Å². The number of carbonyl (C=O) groups excluding carboxylic acids is 1. The molecule has 0 radical (unpaired) electrons. The van der Waals surface area contributed by atoms with Crippen LogP contribution in [0.5, 0.6) is 11.5 Å². The van der Waals surface area contributed by atoms with E-state index in [0.29, 0.717) is 28.1 Å². The normalized spacial score (nSPS) is 12.7. The van der Waals surface area contributed by atoms with Crippen LogP contribution in [0, 0.1) is 6.92 Å². The number of benzene rings is 2. The number of alkyl halides is 3. The summed E-state index contributed by atoms with van der Waals surface area (Å²) in [6.45, 7) is 5.46. The molecule has 1 unspecified atom stereocenters. The number of rotatable bonds is 11. The van der Waals surface area contributed by atoms with Crippen LogP contribution in [0.4, 0.5) is 13.2 Å². The molecule has 4 aromatic rings. The second-order valence-electron chi connectivity index (χ2n) is 10.5. The summed E-state index contributed by atoms with van der Waals surface area (Å²) >= 11 is 0. The molecule has 2 aromatic heterocycles. The number of hydrogen-bond donors (Lipinski definition) is 1. The van der Waals surface area contributed by atoms with E-state index in [1.54, 1.807) is 36.3 Å². The lowest BCUT2D eigenvalue weighted by molar-refractivity contribution is -0.143. The Morgan fingerprint density at radius 1 is 1.05 bits per heavy atom. The third-order valence-corrected chi connectivity index (χ3v) is 7.51. The number of likely N-dealkylation sites (N-methyl/N-ethyl adjacent to an activating group) is 1. The Balaban J connectivity index is 1.69. The molecule has 12 heteroatoms. The Hall–Kier alpha value is -4.16. The van der Waals surface area contributed by atoms with Gasteiger partial charge in [-0.15, -0.1) is 0 Å². The average molecular weight is 600 g/mol. The maximum atomic E-state index is 14.4. The van der Waals surface area contributed by atoms with Crippen molar-refractivity contribution < 1.29 is 32.5 Å². The van der Waals surface area contributed by atoms with E-state index in [2.05, 4.69) is 10.1 Å². The highest BCUT2D eigenvalue weighted by atomic mass is 19.4. The van der Waals surface area contributed by atoms with E-state index in [9.17, 15) is 23.1 Å². The molecule has 230 valence electrons. The maximum Gasteiger partial charge on any atom is 0.433 e. The van der Waals surface area contributed by atoms with Crippen molar-refractivity contribution in [3.8, 4) is 22.8 Å². The Bertz CT molecular complexity index is 1570. The van der Waals surface area contributed by atoms with Crippen molar-refractivity contribution in [2.24, 2.45) is 0 Å². The first-order chi connectivity index (χ1) is 20.4. The van der Waals surface area contributed by atoms with Gasteiger partial charge in [0.15, 0.2) is 11.3 Å². The van der Waals surface area contributed by atoms with E-state index in [0.717, 1.165) is 11.8 Å². The van der Waals surface area contributed by atoms with Crippen LogP contribution >= 0.6 is 0 Å². The average Bonchev–Trinajstić information content (AvgIpc) is 3.39. The first-order valence-corrected chi connectivity index (χ1v) is 13.8. The van der Waals surface area contributed by atoms with E-state index in [-0.39, 0.29) is 47.7 Å². The molecule has 0 bridgehead atoms. The zero-order valence-corrected chi connectivity index (χ0v) is 25.0. The largest absolute Gasteiger partial charge is 0.497 e. The fourth-order valence-electron chi connectivity index (χ4n) is 5.11. The first-order valence-electron chi connectivity index (χ1n) is 13.8. The van der Waals surface area contributed by atoms with E-state index in [1.165, 1.54) is 14.0 Å². The van der Waals surface area contributed by atoms with Gasteiger partial charge in [-0.3, -0.25) is 9.69 Å². The highest BCUT2D eigenvalue weighted by Crippen LogP contribution is 2.37. The monoisotopic (exact) mass is 599 g/mol. The molecule has 0 aliphatic heterocycles. The molecule has 43 heavy (non-hydrogen) atoms. The summed E-state index contributed by atoms with van der Waals surface area (Å²) in [5, 5.41) is 14.1. The van der Waals surface area contributed by atoms with Crippen molar-refractivity contribution in [1.29, 1.82) is 0 Å². The van der Waals surface area contributed by atoms with Crippen LogP contribution in [0.3, 0.4) is 0 Å². The standard InChI is InChI=1S/C31H36F3N5O4/c1-19(2)38(15-14-37(4)26(18-40)22-8-7-9-24(16-22)43-6)30(41)25-17-35-39-28(31(32,33)34)20(3)27(36-29(25)39)21-10-12-23(42-5)13-11-21/h7-13,16-17,19,26,40H,14-15,18H2,1-6H3. The number of aliphatic hydroxyl groups is 1. The van der Waals surface area contributed by atoms with Crippen molar-refractivity contribution in [3.05, 3.63) is 77.1 Å². The van der Waals surface area contributed by atoms with Gasteiger partial charge in [0, 0.05) is 30.3 Å². The van der Waals surface area contributed by atoms with Crippen molar-refractivity contribution >= 4 is 11.6 Å². The molecule has 0 saturated heterocycles. The topological polar surface area (TPSA) is 92.4 Å². The number of nitrogens with zero attached hydrogens (tertiary/aromatic N) is 5. The number of aliphatic hydroxyl groups excluding tert-OH is 1. The van der Waals surface area contributed by atoms with Crippen LogP contribution < -0.4 is 9.47 Å². The fourth-order valence-corrected chi connectivity index (χ4v) is 5.11. The molecule has 1 amide bonds. The van der Waals surface area contributed by atoms with E-state index in [1.807, 2.05) is 50.1 Å². The molecule has 9 nitrogen and oxygen atoms in total. The van der Waals surface area contributed by atoms with Crippen LogP contribution in [0.2, 0.25) is 0 Å². The van der Waals surface area contributed by atoms with E-state index in [4.69, 9.17) is 9.47 Å². The summed E-state index contributed by atoms with van der Waals surface area (Å²) in [5.41, 5.74) is 0.0578. The number of hydrogen-bond acceptors (Lipinski definition) is 7. The lowest BCUT2D eigenvalue weighted by atomic mass is 10.0. The second kappa shape index (κ2) is 13.0. The first kappa shape index (κ1) is 31.8. The summed E-state index contributed by atoms with van der Waals surface area (Å²) in [6.07, 6.45) is -3.61. The lowest BCUT2D eigenvalue weighted by Gasteiger charge is -2.32. The smallest absolute Gasteiger partial charge is 0.433 e. The van der Waals surface area contributed by atoms with Gasteiger partial charge < -0.3 is 19.5 Å². The Morgan fingerprint density at radius 2 is 1.72 bits per heavy atom. The molecule has 0 spiro atoms. The summed E-state index contributed by atoms with van der Waals surface area (Å²) in [6, 6.07) is 13.3. The number of methoxy groups -OCH3 is 2. The number of carbonyl (C=O) groups is 1. The molecule has 0 aliphatic rings. The van der Waals surface area contributed by atoms with Gasteiger partial charge in [0.05, 0.1) is 38.8 Å². The molecule has 2 heterocycles. The third-order valence-electron chi connectivity index (χ3n) is 7.51. The predicted molar refractivity (Wildman–Crippen MR) is 156 cm³/mol. The zero-order valence-electron chi connectivity index (χ0n) is 25.0. The zero-order chi connectivity index (χ0) is 31.5. The molecule has 0 fully saturated rings. The summed E-state index contributed by atoms with van der Waals surface area (Å²) in [7, 11) is 4.90. The predicted octanol–water partition coefficient (Wildman–Crippen LogP) is 5.26. The van der Waals surface area contributed by atoms with Gasteiger partial charge in [0.2, 0.25) is 0 Å². The lowest BCUT2D eigenvalue weighted by Crippen LogP contribution is -2.43. The Labute approximate surface area is 248 Å². The minimum atomic E-state index is -4.75. The van der Waals surface area contributed by atoms with Crippen LogP contribution in [-0.2, 0) is 6.18 Å². The molecule has 0 saturated carbocycles. The van der Waals surface area contributed by atoms with Gasteiger partial charge in [-0.25, -0.2) is 9.50 Å². The van der Waals surface area contributed by atoms with Crippen LogP contribution in [0.15, 0.2) is 54.7 Å². The maximum absolute atomic E-state index is 14.4. The van der Waals surface area contributed by atoms with Crippen molar-refractivity contribution in [3.63, 3.8) is 0 Å². The second-order valence-corrected chi connectivity index (χ2v) is 10.5. The Kier molecular flexibility index (Phi) is 9.61. The highest BCUT2D eigenvalue weighted by molar-refractivity contribution is 6.00. The molecule has 1 N–H and O–H groups in total. The number of aromatic nitrogens is 3. The molecule has 2 aromatic carbocycles. The fraction of sp³-hybridized carbons (Fsp3) is 0.387. The quantitative estimate of drug-likeness (QED) is 0.252. The van der Waals surface area contributed by atoms with Crippen LogP contribution in [-0.4, -0.2) is 82.4 Å². The van der Waals surface area contributed by atoms with Gasteiger partial charge >= 0.3 is 6.18 Å². The van der Waals surface area contributed by atoms with Gasteiger partial charge in [0.25, 0.3) is 5.91 Å². The summed E-state index contributed by atoms with van der Waals surface area (Å²) in [5.74, 6) is 0.711. The number of fused-ring (bicyclic) bond motifs is 1. The summed E-state index contributed by atoms with van der Waals surface area (Å²) < 4.78 is 54.3. The molecular weight excluding hydrogens is 563 g/mol.